The van der Waals surface area contributed by atoms with Crippen molar-refractivity contribution in [2.24, 2.45) is 0 Å². The fourth-order valence-corrected chi connectivity index (χ4v) is 2.63. The lowest BCUT2D eigenvalue weighted by Crippen LogP contribution is -1.97. The molecule has 0 bridgehead atoms. The van der Waals surface area contributed by atoms with Gasteiger partial charge in [-0.2, -0.15) is 5.26 Å². The van der Waals surface area contributed by atoms with Crippen LogP contribution < -0.4 is 4.74 Å². The van der Waals surface area contributed by atoms with Crippen LogP contribution in [0.2, 0.25) is 0 Å². The largest absolute Gasteiger partial charge is 0.489 e. The van der Waals surface area contributed by atoms with Gasteiger partial charge in [0.2, 0.25) is 0 Å². The van der Waals surface area contributed by atoms with Gasteiger partial charge in [-0.05, 0) is 52.9 Å². The molecule has 0 saturated heterocycles. The quantitative estimate of drug-likeness (QED) is 0.682. The van der Waals surface area contributed by atoms with Gasteiger partial charge in [0.25, 0.3) is 0 Å². The number of benzene rings is 2. The van der Waals surface area contributed by atoms with E-state index in [2.05, 4.69) is 18.0 Å². The highest BCUT2D eigenvalue weighted by Gasteiger charge is 2.08. The molecule has 3 rings (SSSR count). The third-order valence-corrected chi connectivity index (χ3v) is 3.88. The van der Waals surface area contributed by atoms with E-state index in [1.807, 2.05) is 54.7 Å². The zero-order chi connectivity index (χ0) is 16.8. The van der Waals surface area contributed by atoms with E-state index < -0.39 is 0 Å². The van der Waals surface area contributed by atoms with E-state index in [0.717, 1.165) is 28.7 Å². The Morgan fingerprint density at radius 1 is 1.08 bits per heavy atom. The predicted octanol–water partition coefficient (Wildman–Crippen LogP) is 4.76. The van der Waals surface area contributed by atoms with Crippen LogP contribution in [0.15, 0.2) is 67.0 Å². The summed E-state index contributed by atoms with van der Waals surface area (Å²) in [6.07, 6.45) is 4.54. The highest BCUT2D eigenvalue weighted by Crippen LogP contribution is 2.29. The molecular weight excluding hydrogens is 296 g/mol. The van der Waals surface area contributed by atoms with Gasteiger partial charge in [0.05, 0.1) is 11.6 Å². The first-order chi connectivity index (χ1) is 11.8. The van der Waals surface area contributed by atoms with Crippen LogP contribution in [0.25, 0.3) is 11.1 Å². The predicted molar refractivity (Wildman–Crippen MR) is 94.5 cm³/mol. The number of nitrogens with zero attached hydrogens (tertiary/aromatic N) is 2. The second-order valence-electron chi connectivity index (χ2n) is 5.52. The Morgan fingerprint density at radius 2 is 1.92 bits per heavy atom. The lowest BCUT2D eigenvalue weighted by Gasteiger charge is -2.11. The van der Waals surface area contributed by atoms with Crippen molar-refractivity contribution in [3.63, 3.8) is 0 Å². The zero-order valence-corrected chi connectivity index (χ0v) is 13.6. The number of ether oxygens (including phenoxy) is 1. The Hall–Kier alpha value is -3.12. The number of pyridine rings is 1. The van der Waals surface area contributed by atoms with Crippen molar-refractivity contribution in [1.29, 1.82) is 5.26 Å². The van der Waals surface area contributed by atoms with E-state index in [1.165, 1.54) is 0 Å². The maximum absolute atomic E-state index is 9.33. The highest BCUT2D eigenvalue weighted by atomic mass is 16.5. The lowest BCUT2D eigenvalue weighted by molar-refractivity contribution is 0.306. The highest BCUT2D eigenvalue weighted by molar-refractivity contribution is 5.70. The average molecular weight is 314 g/mol. The van der Waals surface area contributed by atoms with E-state index in [-0.39, 0.29) is 0 Å². The van der Waals surface area contributed by atoms with Gasteiger partial charge in [0.15, 0.2) is 0 Å². The number of nitriles is 1. The van der Waals surface area contributed by atoms with Crippen molar-refractivity contribution in [3.05, 3.63) is 83.7 Å². The summed E-state index contributed by atoms with van der Waals surface area (Å²) in [6, 6.07) is 19.8. The molecular formula is C21H18N2O. The average Bonchev–Trinajstić information content (AvgIpc) is 2.66. The summed E-state index contributed by atoms with van der Waals surface area (Å²) >= 11 is 0. The first kappa shape index (κ1) is 15.8. The number of hydrogen-bond acceptors (Lipinski definition) is 3. The summed E-state index contributed by atoms with van der Waals surface area (Å²) in [5, 5.41) is 9.33. The third-order valence-electron chi connectivity index (χ3n) is 3.88. The normalized spacial score (nSPS) is 10.2. The summed E-state index contributed by atoms with van der Waals surface area (Å²) in [4.78, 5) is 4.19. The van der Waals surface area contributed by atoms with Gasteiger partial charge in [0.1, 0.15) is 12.4 Å². The van der Waals surface area contributed by atoms with Crippen LogP contribution in [-0.2, 0) is 13.0 Å². The van der Waals surface area contributed by atoms with E-state index in [4.69, 9.17) is 4.74 Å². The Morgan fingerprint density at radius 3 is 2.67 bits per heavy atom. The van der Waals surface area contributed by atoms with Gasteiger partial charge in [-0.3, -0.25) is 4.98 Å². The maximum Gasteiger partial charge on any atom is 0.121 e. The van der Waals surface area contributed by atoms with Crippen LogP contribution in [0.5, 0.6) is 5.75 Å². The number of aromatic nitrogens is 1. The molecule has 118 valence electrons. The minimum Gasteiger partial charge on any atom is -0.489 e. The Balaban J connectivity index is 1.92. The molecule has 24 heavy (non-hydrogen) atoms. The molecule has 1 aromatic heterocycles. The summed E-state index contributed by atoms with van der Waals surface area (Å²) in [6.45, 7) is 2.58. The molecule has 0 aliphatic heterocycles. The van der Waals surface area contributed by atoms with E-state index in [9.17, 15) is 5.26 Å². The van der Waals surface area contributed by atoms with Crippen LogP contribution in [0.4, 0.5) is 0 Å². The zero-order valence-electron chi connectivity index (χ0n) is 13.6. The van der Waals surface area contributed by atoms with E-state index >= 15 is 0 Å². The monoisotopic (exact) mass is 314 g/mol. The van der Waals surface area contributed by atoms with Crippen molar-refractivity contribution < 1.29 is 4.74 Å². The second-order valence-corrected chi connectivity index (χ2v) is 5.52. The number of hydrogen-bond donors (Lipinski definition) is 0. The maximum atomic E-state index is 9.33. The summed E-state index contributed by atoms with van der Waals surface area (Å²) in [5.74, 6) is 0.701. The van der Waals surface area contributed by atoms with Crippen LogP contribution in [0, 0.1) is 11.3 Å². The minimum atomic E-state index is 0.478. The molecule has 0 radical (unpaired) electrons. The van der Waals surface area contributed by atoms with Crippen LogP contribution >= 0.6 is 0 Å². The van der Waals surface area contributed by atoms with Gasteiger partial charge in [0, 0.05) is 12.4 Å². The SMILES string of the molecule is CCc1cnccc1-c1cc(C#N)cc(OCc2ccccc2)c1. The molecule has 2 aromatic carbocycles. The molecule has 0 aliphatic rings. The molecule has 0 amide bonds. The van der Waals surface area contributed by atoms with E-state index in [0.29, 0.717) is 17.9 Å². The first-order valence-corrected chi connectivity index (χ1v) is 7.95. The van der Waals surface area contributed by atoms with Gasteiger partial charge in [-0.1, -0.05) is 37.3 Å². The molecule has 3 heteroatoms. The standard InChI is InChI=1S/C21H18N2O/c1-2-18-14-23-9-8-21(18)19-10-17(13-22)11-20(12-19)24-15-16-6-4-3-5-7-16/h3-12,14H,2,15H2,1H3. The smallest absolute Gasteiger partial charge is 0.121 e. The molecule has 0 saturated carbocycles. The topological polar surface area (TPSA) is 45.9 Å². The van der Waals surface area contributed by atoms with E-state index in [1.54, 1.807) is 12.3 Å². The number of aryl methyl sites for hydroxylation is 1. The van der Waals surface area contributed by atoms with Gasteiger partial charge in [-0.25, -0.2) is 0 Å². The molecule has 0 spiro atoms. The molecule has 0 aliphatic carbocycles. The van der Waals surface area contributed by atoms with Crippen molar-refractivity contribution >= 4 is 0 Å². The van der Waals surface area contributed by atoms with Crippen molar-refractivity contribution in [1.82, 2.24) is 4.98 Å². The van der Waals surface area contributed by atoms with Gasteiger partial charge in [-0.15, -0.1) is 0 Å². The fourth-order valence-electron chi connectivity index (χ4n) is 2.63. The molecule has 0 unspecified atom stereocenters. The Labute approximate surface area is 142 Å². The summed E-state index contributed by atoms with van der Waals surface area (Å²) in [7, 11) is 0. The first-order valence-electron chi connectivity index (χ1n) is 7.95. The van der Waals surface area contributed by atoms with Gasteiger partial charge >= 0.3 is 0 Å². The third kappa shape index (κ3) is 3.61. The fraction of sp³-hybridized carbons (Fsp3) is 0.143. The molecule has 0 N–H and O–H groups in total. The lowest BCUT2D eigenvalue weighted by atomic mass is 9.98. The Bertz CT molecular complexity index is 867. The van der Waals surface area contributed by atoms with Crippen LogP contribution in [0.3, 0.4) is 0 Å². The second kappa shape index (κ2) is 7.43. The van der Waals surface area contributed by atoms with Crippen LogP contribution in [0.1, 0.15) is 23.6 Å². The molecule has 0 atom stereocenters. The molecule has 1 heterocycles. The summed E-state index contributed by atoms with van der Waals surface area (Å²) < 4.78 is 5.90. The van der Waals surface area contributed by atoms with Crippen molar-refractivity contribution in [3.8, 4) is 22.9 Å². The summed E-state index contributed by atoms with van der Waals surface area (Å²) in [5.41, 5.74) is 4.92. The molecule has 3 nitrogen and oxygen atoms in total. The number of rotatable bonds is 5. The molecule has 3 aromatic rings. The van der Waals surface area contributed by atoms with Crippen molar-refractivity contribution in [2.45, 2.75) is 20.0 Å². The van der Waals surface area contributed by atoms with Crippen LogP contribution in [-0.4, -0.2) is 4.98 Å². The Kier molecular flexibility index (Phi) is 4.88. The minimum absolute atomic E-state index is 0.478. The van der Waals surface area contributed by atoms with Crippen molar-refractivity contribution in [2.75, 3.05) is 0 Å². The van der Waals surface area contributed by atoms with Gasteiger partial charge < -0.3 is 4.74 Å². The molecule has 0 fully saturated rings.